The van der Waals surface area contributed by atoms with Crippen molar-refractivity contribution in [2.24, 2.45) is 5.92 Å². The first-order valence-electron chi connectivity index (χ1n) is 7.07. The Morgan fingerprint density at radius 2 is 1.76 bits per heavy atom. The number of carbonyl (C=O) groups is 2. The molecule has 116 valence electrons. The minimum Gasteiger partial charge on any atom is -0.481 e. The summed E-state index contributed by atoms with van der Waals surface area (Å²) in [4.78, 5) is 25.0. The van der Waals surface area contributed by atoms with Crippen LogP contribution in [0.1, 0.15) is 38.7 Å². The van der Waals surface area contributed by atoms with Crippen LogP contribution in [-0.4, -0.2) is 35.0 Å². The number of hydrogen-bond donors (Lipinski definition) is 1. The zero-order valence-electron chi connectivity index (χ0n) is 12.7. The Hall–Kier alpha value is -1.36. The molecule has 1 aromatic rings. The highest BCUT2D eigenvalue weighted by Crippen LogP contribution is 2.21. The van der Waals surface area contributed by atoms with Crippen LogP contribution in [0.4, 0.5) is 0 Å². The van der Waals surface area contributed by atoms with Gasteiger partial charge in [0.25, 0.3) is 0 Å². The first kappa shape index (κ1) is 17.7. The normalized spacial score (nSPS) is 12.2. The summed E-state index contributed by atoms with van der Waals surface area (Å²) in [6.07, 6.45) is -0.0223. The highest BCUT2D eigenvalue weighted by Gasteiger charge is 2.23. The summed E-state index contributed by atoms with van der Waals surface area (Å²) in [7, 11) is 0. The van der Waals surface area contributed by atoms with Gasteiger partial charge >= 0.3 is 5.97 Å². The van der Waals surface area contributed by atoms with Crippen LogP contribution < -0.4 is 0 Å². The summed E-state index contributed by atoms with van der Waals surface area (Å²) in [5.74, 6) is -0.870. The third-order valence-corrected chi connectivity index (χ3v) is 3.76. The van der Waals surface area contributed by atoms with Crippen molar-refractivity contribution in [3.63, 3.8) is 0 Å². The van der Waals surface area contributed by atoms with Gasteiger partial charge in [0.2, 0.25) is 5.91 Å². The molecule has 4 nitrogen and oxygen atoms in total. The van der Waals surface area contributed by atoms with Gasteiger partial charge in [0.05, 0.1) is 12.3 Å². The molecule has 0 saturated carbocycles. The van der Waals surface area contributed by atoms with Gasteiger partial charge in [0.15, 0.2) is 0 Å². The SMILES string of the molecule is CC(C)CN(CCC(=O)O)C(=O)C(C)c1ccc(Br)cc1. The Balaban J connectivity index is 2.82. The van der Waals surface area contributed by atoms with Gasteiger partial charge in [-0.25, -0.2) is 0 Å². The van der Waals surface area contributed by atoms with Gasteiger partial charge in [-0.2, -0.15) is 0 Å². The van der Waals surface area contributed by atoms with Crippen molar-refractivity contribution in [3.8, 4) is 0 Å². The molecule has 0 bridgehead atoms. The van der Waals surface area contributed by atoms with E-state index in [1.54, 1.807) is 4.90 Å². The number of aliphatic carboxylic acids is 1. The fourth-order valence-corrected chi connectivity index (χ4v) is 2.40. The van der Waals surface area contributed by atoms with E-state index in [0.29, 0.717) is 12.5 Å². The highest BCUT2D eigenvalue weighted by atomic mass is 79.9. The number of carbonyl (C=O) groups excluding carboxylic acids is 1. The van der Waals surface area contributed by atoms with E-state index in [1.807, 2.05) is 45.0 Å². The zero-order valence-corrected chi connectivity index (χ0v) is 14.3. The molecule has 1 N–H and O–H groups in total. The number of carboxylic acids is 1. The van der Waals surface area contributed by atoms with E-state index >= 15 is 0 Å². The molecular weight excluding hydrogens is 334 g/mol. The number of hydrogen-bond acceptors (Lipinski definition) is 2. The third kappa shape index (κ3) is 5.87. The van der Waals surface area contributed by atoms with Crippen molar-refractivity contribution in [1.29, 1.82) is 0 Å². The average molecular weight is 356 g/mol. The van der Waals surface area contributed by atoms with E-state index in [-0.39, 0.29) is 24.8 Å². The molecule has 1 unspecified atom stereocenters. The maximum absolute atomic E-state index is 12.6. The maximum Gasteiger partial charge on any atom is 0.305 e. The molecule has 5 heteroatoms. The highest BCUT2D eigenvalue weighted by molar-refractivity contribution is 9.10. The van der Waals surface area contributed by atoms with Crippen molar-refractivity contribution < 1.29 is 14.7 Å². The molecular formula is C16H22BrNO3. The lowest BCUT2D eigenvalue weighted by Gasteiger charge is -2.27. The fourth-order valence-electron chi connectivity index (χ4n) is 2.13. The second kappa shape index (κ2) is 8.17. The lowest BCUT2D eigenvalue weighted by Crippen LogP contribution is -2.38. The second-order valence-corrected chi connectivity index (χ2v) is 6.51. The van der Waals surface area contributed by atoms with Crippen LogP contribution >= 0.6 is 15.9 Å². The summed E-state index contributed by atoms with van der Waals surface area (Å²) in [5.41, 5.74) is 0.937. The van der Waals surface area contributed by atoms with Crippen LogP contribution in [0.15, 0.2) is 28.7 Å². The van der Waals surface area contributed by atoms with Crippen LogP contribution in [0.3, 0.4) is 0 Å². The Morgan fingerprint density at radius 1 is 1.19 bits per heavy atom. The van der Waals surface area contributed by atoms with Crippen molar-refractivity contribution in [2.75, 3.05) is 13.1 Å². The number of carboxylic acid groups (broad SMARTS) is 1. The quantitative estimate of drug-likeness (QED) is 0.813. The van der Waals surface area contributed by atoms with E-state index in [2.05, 4.69) is 15.9 Å². The molecule has 0 saturated heterocycles. The number of amides is 1. The molecule has 21 heavy (non-hydrogen) atoms. The largest absolute Gasteiger partial charge is 0.481 e. The number of nitrogens with zero attached hydrogens (tertiary/aromatic N) is 1. The van der Waals surface area contributed by atoms with Gasteiger partial charge in [-0.05, 0) is 30.5 Å². The molecule has 0 spiro atoms. The van der Waals surface area contributed by atoms with Gasteiger partial charge in [0.1, 0.15) is 0 Å². The van der Waals surface area contributed by atoms with Crippen LogP contribution in [0, 0.1) is 5.92 Å². The molecule has 1 aromatic carbocycles. The van der Waals surface area contributed by atoms with E-state index in [0.717, 1.165) is 10.0 Å². The summed E-state index contributed by atoms with van der Waals surface area (Å²) in [6, 6.07) is 7.64. The second-order valence-electron chi connectivity index (χ2n) is 5.60. The molecule has 0 aliphatic rings. The fraction of sp³-hybridized carbons (Fsp3) is 0.500. The molecule has 1 rings (SSSR count). The minimum absolute atomic E-state index is 0.0210. The predicted octanol–water partition coefficient (Wildman–Crippen LogP) is 3.51. The zero-order chi connectivity index (χ0) is 16.0. The van der Waals surface area contributed by atoms with Crippen LogP contribution in [-0.2, 0) is 9.59 Å². The summed E-state index contributed by atoms with van der Waals surface area (Å²) in [5, 5.41) is 8.82. The number of rotatable bonds is 7. The molecule has 1 amide bonds. The summed E-state index contributed by atoms with van der Waals surface area (Å²) in [6.45, 7) is 6.73. The smallest absolute Gasteiger partial charge is 0.305 e. The van der Waals surface area contributed by atoms with Crippen molar-refractivity contribution >= 4 is 27.8 Å². The summed E-state index contributed by atoms with van der Waals surface area (Å²) >= 11 is 3.37. The molecule has 0 radical (unpaired) electrons. The van der Waals surface area contributed by atoms with E-state index < -0.39 is 5.97 Å². The molecule has 0 aliphatic carbocycles. The minimum atomic E-state index is -0.882. The van der Waals surface area contributed by atoms with Crippen LogP contribution in [0.25, 0.3) is 0 Å². The molecule has 1 atom stereocenters. The van der Waals surface area contributed by atoms with Crippen molar-refractivity contribution in [2.45, 2.75) is 33.1 Å². The third-order valence-electron chi connectivity index (χ3n) is 3.23. The monoisotopic (exact) mass is 355 g/mol. The van der Waals surface area contributed by atoms with Crippen molar-refractivity contribution in [3.05, 3.63) is 34.3 Å². The standard InChI is InChI=1S/C16H22BrNO3/c1-11(2)10-18(9-8-15(19)20)16(21)12(3)13-4-6-14(17)7-5-13/h4-7,11-12H,8-10H2,1-3H3,(H,19,20). The molecule has 0 aliphatic heterocycles. The summed E-state index contributed by atoms with van der Waals surface area (Å²) < 4.78 is 0.968. The first-order valence-corrected chi connectivity index (χ1v) is 7.86. The predicted molar refractivity (Wildman–Crippen MR) is 86.2 cm³/mol. The Kier molecular flexibility index (Phi) is 6.89. The Labute approximate surface area is 134 Å². The van der Waals surface area contributed by atoms with Crippen LogP contribution in [0.2, 0.25) is 0 Å². The lowest BCUT2D eigenvalue weighted by atomic mass is 9.99. The lowest BCUT2D eigenvalue weighted by molar-refractivity contribution is -0.139. The number of benzene rings is 1. The van der Waals surface area contributed by atoms with Gasteiger partial charge in [-0.3, -0.25) is 9.59 Å². The molecule has 0 fully saturated rings. The first-order chi connectivity index (χ1) is 9.81. The average Bonchev–Trinajstić information content (AvgIpc) is 2.42. The maximum atomic E-state index is 12.6. The van der Waals surface area contributed by atoms with Crippen molar-refractivity contribution in [1.82, 2.24) is 4.90 Å². The Bertz CT molecular complexity index is 485. The topological polar surface area (TPSA) is 57.6 Å². The van der Waals surface area contributed by atoms with E-state index in [1.165, 1.54) is 0 Å². The van der Waals surface area contributed by atoms with E-state index in [9.17, 15) is 9.59 Å². The Morgan fingerprint density at radius 3 is 2.24 bits per heavy atom. The molecule has 0 heterocycles. The van der Waals surface area contributed by atoms with Gasteiger partial charge in [0, 0.05) is 17.6 Å². The van der Waals surface area contributed by atoms with Gasteiger partial charge in [-0.1, -0.05) is 41.9 Å². The number of halogens is 1. The molecule has 0 aromatic heterocycles. The van der Waals surface area contributed by atoms with Crippen LogP contribution in [0.5, 0.6) is 0 Å². The van der Waals surface area contributed by atoms with E-state index in [4.69, 9.17) is 5.11 Å². The van der Waals surface area contributed by atoms with Gasteiger partial charge in [-0.15, -0.1) is 0 Å². The van der Waals surface area contributed by atoms with Gasteiger partial charge < -0.3 is 10.0 Å².